The zero-order valence-corrected chi connectivity index (χ0v) is 10.9. The lowest BCUT2D eigenvalue weighted by Crippen LogP contribution is -2.02. The predicted octanol–water partition coefficient (Wildman–Crippen LogP) is 3.14. The van der Waals surface area contributed by atoms with Crippen molar-refractivity contribution in [2.45, 2.75) is 53.0 Å². The molecule has 2 N–H and O–H groups in total. The standard InChI is InChI=1S/C12H22N2S/c1-4-5-6-12-14-10(7-9(2)3)11(8-13)15-12/h9H,4-8,13H2,1-3H3. The average Bonchev–Trinajstić information content (AvgIpc) is 2.56. The van der Waals surface area contributed by atoms with Gasteiger partial charge < -0.3 is 5.73 Å². The Morgan fingerprint density at radius 2 is 2.13 bits per heavy atom. The highest BCUT2D eigenvalue weighted by atomic mass is 32.1. The zero-order chi connectivity index (χ0) is 11.3. The van der Waals surface area contributed by atoms with E-state index in [1.165, 1.54) is 28.4 Å². The van der Waals surface area contributed by atoms with Gasteiger partial charge >= 0.3 is 0 Å². The summed E-state index contributed by atoms with van der Waals surface area (Å²) in [7, 11) is 0. The third-order valence-corrected chi connectivity index (χ3v) is 3.53. The van der Waals surface area contributed by atoms with Crippen LogP contribution in [0.4, 0.5) is 0 Å². The summed E-state index contributed by atoms with van der Waals surface area (Å²) in [6.45, 7) is 7.31. The number of thiazole rings is 1. The maximum absolute atomic E-state index is 5.74. The van der Waals surface area contributed by atoms with E-state index in [4.69, 9.17) is 10.7 Å². The second kappa shape index (κ2) is 6.23. The number of nitrogens with zero attached hydrogens (tertiary/aromatic N) is 1. The molecule has 0 bridgehead atoms. The molecule has 0 spiro atoms. The molecule has 0 fully saturated rings. The lowest BCUT2D eigenvalue weighted by Gasteiger charge is -2.02. The second-order valence-corrected chi connectivity index (χ2v) is 5.55. The Balaban J connectivity index is 2.71. The minimum Gasteiger partial charge on any atom is -0.326 e. The summed E-state index contributed by atoms with van der Waals surface area (Å²) in [5, 5.41) is 1.27. The summed E-state index contributed by atoms with van der Waals surface area (Å²) < 4.78 is 0. The Labute approximate surface area is 96.9 Å². The number of aromatic nitrogens is 1. The quantitative estimate of drug-likeness (QED) is 0.809. The van der Waals surface area contributed by atoms with Crippen molar-refractivity contribution in [2.24, 2.45) is 11.7 Å². The normalized spacial score (nSPS) is 11.3. The third-order valence-electron chi connectivity index (χ3n) is 2.35. The molecule has 0 saturated carbocycles. The fourth-order valence-corrected chi connectivity index (χ4v) is 2.59. The van der Waals surface area contributed by atoms with Gasteiger partial charge in [-0.15, -0.1) is 11.3 Å². The van der Waals surface area contributed by atoms with Crippen LogP contribution in [0.25, 0.3) is 0 Å². The lowest BCUT2D eigenvalue weighted by molar-refractivity contribution is 0.631. The fourth-order valence-electron chi connectivity index (χ4n) is 1.58. The van der Waals surface area contributed by atoms with Crippen molar-refractivity contribution in [2.75, 3.05) is 0 Å². The Hall–Kier alpha value is -0.410. The molecule has 0 aromatic carbocycles. The van der Waals surface area contributed by atoms with E-state index < -0.39 is 0 Å². The molecule has 3 heteroatoms. The lowest BCUT2D eigenvalue weighted by atomic mass is 10.1. The number of hydrogen-bond acceptors (Lipinski definition) is 3. The summed E-state index contributed by atoms with van der Waals surface area (Å²) in [5.41, 5.74) is 6.98. The van der Waals surface area contributed by atoms with Crippen molar-refractivity contribution >= 4 is 11.3 Å². The maximum Gasteiger partial charge on any atom is 0.0931 e. The van der Waals surface area contributed by atoms with Gasteiger partial charge in [0.25, 0.3) is 0 Å². The van der Waals surface area contributed by atoms with E-state index in [1.807, 2.05) is 0 Å². The zero-order valence-electron chi connectivity index (χ0n) is 10.0. The molecule has 0 aliphatic rings. The molecule has 0 unspecified atom stereocenters. The van der Waals surface area contributed by atoms with Crippen molar-refractivity contribution in [1.29, 1.82) is 0 Å². The van der Waals surface area contributed by atoms with E-state index in [2.05, 4.69) is 20.8 Å². The van der Waals surface area contributed by atoms with Crippen LogP contribution >= 0.6 is 11.3 Å². The molecular formula is C12H22N2S. The first-order valence-corrected chi connectivity index (χ1v) is 6.66. The number of unbranched alkanes of at least 4 members (excludes halogenated alkanes) is 1. The minimum absolute atomic E-state index is 0.645. The third kappa shape index (κ3) is 3.92. The molecule has 0 atom stereocenters. The smallest absolute Gasteiger partial charge is 0.0931 e. The topological polar surface area (TPSA) is 38.9 Å². The summed E-state index contributed by atoms with van der Waals surface area (Å²) in [4.78, 5) is 5.98. The molecule has 0 aliphatic carbocycles. The summed E-state index contributed by atoms with van der Waals surface area (Å²) in [5.74, 6) is 0.663. The fraction of sp³-hybridized carbons (Fsp3) is 0.750. The Bertz CT molecular complexity index is 292. The van der Waals surface area contributed by atoms with E-state index in [-0.39, 0.29) is 0 Å². The molecule has 0 radical (unpaired) electrons. The van der Waals surface area contributed by atoms with Crippen LogP contribution in [0, 0.1) is 5.92 Å². The predicted molar refractivity (Wildman–Crippen MR) is 67.2 cm³/mol. The molecule has 86 valence electrons. The van der Waals surface area contributed by atoms with Crippen LogP contribution in [0.2, 0.25) is 0 Å². The molecule has 1 rings (SSSR count). The number of nitrogens with two attached hydrogens (primary N) is 1. The van der Waals surface area contributed by atoms with Gasteiger partial charge in [0.05, 0.1) is 10.7 Å². The van der Waals surface area contributed by atoms with Gasteiger partial charge in [0.2, 0.25) is 0 Å². The molecular weight excluding hydrogens is 204 g/mol. The highest BCUT2D eigenvalue weighted by molar-refractivity contribution is 7.11. The largest absolute Gasteiger partial charge is 0.326 e. The molecule has 1 aromatic heterocycles. The van der Waals surface area contributed by atoms with Crippen molar-refractivity contribution in [3.05, 3.63) is 15.6 Å². The SMILES string of the molecule is CCCCc1nc(CC(C)C)c(CN)s1. The molecule has 0 saturated heterocycles. The monoisotopic (exact) mass is 226 g/mol. The van der Waals surface area contributed by atoms with Gasteiger partial charge in [-0.1, -0.05) is 27.2 Å². The van der Waals surface area contributed by atoms with Gasteiger partial charge in [-0.3, -0.25) is 0 Å². The van der Waals surface area contributed by atoms with E-state index >= 15 is 0 Å². The van der Waals surface area contributed by atoms with Crippen LogP contribution in [0.3, 0.4) is 0 Å². The van der Waals surface area contributed by atoms with Gasteiger partial charge in [0, 0.05) is 11.4 Å². The molecule has 2 nitrogen and oxygen atoms in total. The minimum atomic E-state index is 0.645. The first-order chi connectivity index (χ1) is 7.17. The van der Waals surface area contributed by atoms with Gasteiger partial charge in [0.1, 0.15) is 0 Å². The number of hydrogen-bond donors (Lipinski definition) is 1. The summed E-state index contributed by atoms with van der Waals surface area (Å²) in [6, 6.07) is 0. The molecule has 0 aliphatic heterocycles. The second-order valence-electron chi connectivity index (χ2n) is 4.38. The summed E-state index contributed by atoms with van der Waals surface area (Å²) >= 11 is 1.81. The number of aryl methyl sites for hydroxylation is 1. The Morgan fingerprint density at radius 3 is 2.67 bits per heavy atom. The van der Waals surface area contributed by atoms with Crippen molar-refractivity contribution in [3.63, 3.8) is 0 Å². The van der Waals surface area contributed by atoms with Crippen LogP contribution in [0.5, 0.6) is 0 Å². The molecule has 0 amide bonds. The van der Waals surface area contributed by atoms with E-state index in [0.29, 0.717) is 12.5 Å². The van der Waals surface area contributed by atoms with Gasteiger partial charge in [-0.2, -0.15) is 0 Å². The first-order valence-electron chi connectivity index (χ1n) is 5.84. The highest BCUT2D eigenvalue weighted by Gasteiger charge is 2.10. The van der Waals surface area contributed by atoms with Crippen molar-refractivity contribution < 1.29 is 0 Å². The van der Waals surface area contributed by atoms with E-state index in [9.17, 15) is 0 Å². The van der Waals surface area contributed by atoms with E-state index in [1.54, 1.807) is 11.3 Å². The molecule has 1 heterocycles. The molecule has 15 heavy (non-hydrogen) atoms. The van der Waals surface area contributed by atoms with E-state index in [0.717, 1.165) is 12.8 Å². The summed E-state index contributed by atoms with van der Waals surface area (Å²) in [6.07, 6.45) is 4.65. The van der Waals surface area contributed by atoms with Crippen LogP contribution in [0.1, 0.15) is 49.2 Å². The van der Waals surface area contributed by atoms with Crippen LogP contribution in [0.15, 0.2) is 0 Å². The highest BCUT2D eigenvalue weighted by Crippen LogP contribution is 2.22. The molecule has 1 aromatic rings. The van der Waals surface area contributed by atoms with Crippen LogP contribution < -0.4 is 5.73 Å². The van der Waals surface area contributed by atoms with Crippen molar-refractivity contribution in [1.82, 2.24) is 4.98 Å². The average molecular weight is 226 g/mol. The van der Waals surface area contributed by atoms with Crippen molar-refractivity contribution in [3.8, 4) is 0 Å². The first kappa shape index (κ1) is 12.7. The Kier molecular flexibility index (Phi) is 5.26. The van der Waals surface area contributed by atoms with Gasteiger partial charge in [-0.05, 0) is 25.2 Å². The van der Waals surface area contributed by atoms with Crippen LogP contribution in [-0.4, -0.2) is 4.98 Å². The van der Waals surface area contributed by atoms with Gasteiger partial charge in [-0.25, -0.2) is 4.98 Å². The Morgan fingerprint density at radius 1 is 1.40 bits per heavy atom. The van der Waals surface area contributed by atoms with Crippen LogP contribution in [-0.2, 0) is 19.4 Å². The maximum atomic E-state index is 5.74. The number of rotatable bonds is 6. The van der Waals surface area contributed by atoms with Gasteiger partial charge in [0.15, 0.2) is 0 Å².